The smallest absolute Gasteiger partial charge is 0.233 e. The van der Waals surface area contributed by atoms with Gasteiger partial charge in [0.1, 0.15) is 5.84 Å². The molecule has 1 amide bonds. The van der Waals surface area contributed by atoms with Crippen LogP contribution in [0, 0.1) is 10.8 Å². The van der Waals surface area contributed by atoms with Gasteiger partial charge in [0.05, 0.1) is 12.0 Å². The number of amides is 1. The van der Waals surface area contributed by atoms with Crippen molar-refractivity contribution in [1.29, 1.82) is 5.41 Å². The third-order valence-corrected chi connectivity index (χ3v) is 2.42. The molecule has 0 radical (unpaired) electrons. The lowest BCUT2D eigenvalue weighted by Gasteiger charge is -2.20. The minimum absolute atomic E-state index is 0.0242. The minimum Gasteiger partial charge on any atom is -0.399 e. The first-order valence-corrected chi connectivity index (χ1v) is 5.23. The van der Waals surface area contributed by atoms with Crippen LogP contribution in [0.4, 0.5) is 5.69 Å². The highest BCUT2D eigenvalue weighted by atomic mass is 16.3. The Labute approximate surface area is 100 Å². The molecule has 5 N–H and O–H groups in total. The van der Waals surface area contributed by atoms with E-state index in [-0.39, 0.29) is 12.4 Å². The maximum absolute atomic E-state index is 11.7. The summed E-state index contributed by atoms with van der Waals surface area (Å²) in [5.41, 5.74) is 5.74. The number of rotatable bonds is 3. The van der Waals surface area contributed by atoms with E-state index in [1.54, 1.807) is 38.1 Å². The number of anilines is 1. The van der Waals surface area contributed by atoms with E-state index in [1.165, 1.54) is 0 Å². The zero-order valence-electron chi connectivity index (χ0n) is 9.95. The van der Waals surface area contributed by atoms with Crippen LogP contribution in [-0.4, -0.2) is 23.5 Å². The predicted molar refractivity (Wildman–Crippen MR) is 66.7 cm³/mol. The monoisotopic (exact) mass is 235 g/mol. The standard InChI is InChI=1S/C12H17N3O2/c1-12(2,7-16)11(17)15-10(14)8-4-3-5-9(13)6-8/h3-6,16H,7,13H2,1-2H3,(H2,14,15,17). The molecule has 92 valence electrons. The number of nitrogens with one attached hydrogen (secondary N) is 2. The summed E-state index contributed by atoms with van der Waals surface area (Å²) in [4.78, 5) is 11.7. The molecule has 17 heavy (non-hydrogen) atoms. The van der Waals surface area contributed by atoms with E-state index >= 15 is 0 Å². The maximum Gasteiger partial charge on any atom is 0.233 e. The third kappa shape index (κ3) is 3.29. The summed E-state index contributed by atoms with van der Waals surface area (Å²) in [6.45, 7) is 2.94. The van der Waals surface area contributed by atoms with Crippen molar-refractivity contribution in [3.63, 3.8) is 0 Å². The van der Waals surface area contributed by atoms with Gasteiger partial charge in [0.2, 0.25) is 5.91 Å². The molecule has 0 fully saturated rings. The van der Waals surface area contributed by atoms with Crippen LogP contribution in [0.15, 0.2) is 24.3 Å². The normalized spacial score (nSPS) is 11.0. The lowest BCUT2D eigenvalue weighted by Crippen LogP contribution is -2.42. The second-order valence-corrected chi connectivity index (χ2v) is 4.50. The molecule has 0 unspecified atom stereocenters. The van der Waals surface area contributed by atoms with Crippen LogP contribution in [0.2, 0.25) is 0 Å². The van der Waals surface area contributed by atoms with E-state index in [9.17, 15) is 4.79 Å². The largest absolute Gasteiger partial charge is 0.399 e. The fourth-order valence-electron chi connectivity index (χ4n) is 1.12. The van der Waals surface area contributed by atoms with Gasteiger partial charge in [-0.25, -0.2) is 0 Å². The number of carbonyl (C=O) groups excluding carboxylic acids is 1. The van der Waals surface area contributed by atoms with Gasteiger partial charge in [0, 0.05) is 11.3 Å². The van der Waals surface area contributed by atoms with Gasteiger partial charge in [-0.15, -0.1) is 0 Å². The Kier molecular flexibility index (Phi) is 3.85. The van der Waals surface area contributed by atoms with Gasteiger partial charge >= 0.3 is 0 Å². The Morgan fingerprint density at radius 2 is 2.18 bits per heavy atom. The van der Waals surface area contributed by atoms with Gasteiger partial charge in [0.25, 0.3) is 0 Å². The summed E-state index contributed by atoms with van der Waals surface area (Å²) in [5, 5.41) is 19.2. The van der Waals surface area contributed by atoms with Crippen molar-refractivity contribution >= 4 is 17.4 Å². The Bertz CT molecular complexity index is 441. The van der Waals surface area contributed by atoms with Crippen LogP contribution >= 0.6 is 0 Å². The number of benzene rings is 1. The number of nitrogen functional groups attached to an aromatic ring is 1. The highest BCUT2D eigenvalue weighted by molar-refractivity contribution is 6.07. The molecule has 0 atom stereocenters. The van der Waals surface area contributed by atoms with Crippen molar-refractivity contribution in [1.82, 2.24) is 5.32 Å². The highest BCUT2D eigenvalue weighted by Crippen LogP contribution is 2.14. The Morgan fingerprint density at radius 3 is 2.71 bits per heavy atom. The summed E-state index contributed by atoms with van der Waals surface area (Å²) < 4.78 is 0. The van der Waals surface area contributed by atoms with E-state index < -0.39 is 11.3 Å². The molecule has 0 aliphatic heterocycles. The SMILES string of the molecule is CC(C)(CO)C(=O)NC(=N)c1cccc(N)c1. The Balaban J connectivity index is 2.77. The number of aliphatic hydroxyl groups is 1. The minimum atomic E-state index is -0.910. The molecule has 0 bridgehead atoms. The van der Waals surface area contributed by atoms with Crippen LogP contribution in [0.25, 0.3) is 0 Å². The average molecular weight is 235 g/mol. The van der Waals surface area contributed by atoms with Crippen molar-refractivity contribution in [2.45, 2.75) is 13.8 Å². The predicted octanol–water partition coefficient (Wildman–Crippen LogP) is 0.729. The van der Waals surface area contributed by atoms with Gasteiger partial charge < -0.3 is 16.2 Å². The van der Waals surface area contributed by atoms with Crippen LogP contribution in [0.1, 0.15) is 19.4 Å². The van der Waals surface area contributed by atoms with E-state index in [1.807, 2.05) is 0 Å². The molecule has 0 saturated carbocycles. The van der Waals surface area contributed by atoms with Gasteiger partial charge in [0.15, 0.2) is 0 Å². The molecule has 0 heterocycles. The number of amidine groups is 1. The van der Waals surface area contributed by atoms with Gasteiger partial charge in [-0.1, -0.05) is 12.1 Å². The molecule has 1 aromatic rings. The van der Waals surface area contributed by atoms with E-state index in [4.69, 9.17) is 16.2 Å². The van der Waals surface area contributed by atoms with Crippen LogP contribution < -0.4 is 11.1 Å². The average Bonchev–Trinajstić information content (AvgIpc) is 2.28. The molecule has 1 aromatic carbocycles. The lowest BCUT2D eigenvalue weighted by atomic mass is 9.93. The first-order chi connectivity index (χ1) is 7.86. The molecular formula is C12H17N3O2. The molecule has 5 nitrogen and oxygen atoms in total. The molecule has 5 heteroatoms. The summed E-state index contributed by atoms with van der Waals surface area (Å²) in [5.74, 6) is -0.420. The van der Waals surface area contributed by atoms with Crippen LogP contribution in [0.5, 0.6) is 0 Å². The fourth-order valence-corrected chi connectivity index (χ4v) is 1.12. The van der Waals surface area contributed by atoms with Crippen molar-refractivity contribution in [3.05, 3.63) is 29.8 Å². The van der Waals surface area contributed by atoms with Gasteiger partial charge in [-0.3, -0.25) is 10.2 Å². The molecular weight excluding hydrogens is 218 g/mol. The maximum atomic E-state index is 11.7. The number of aliphatic hydroxyl groups excluding tert-OH is 1. The Hall–Kier alpha value is -1.88. The summed E-state index contributed by atoms with van der Waals surface area (Å²) in [6.07, 6.45) is 0. The van der Waals surface area contributed by atoms with Gasteiger partial charge in [-0.05, 0) is 26.0 Å². The van der Waals surface area contributed by atoms with Crippen molar-refractivity contribution in [2.75, 3.05) is 12.3 Å². The van der Waals surface area contributed by atoms with Crippen LogP contribution in [-0.2, 0) is 4.79 Å². The van der Waals surface area contributed by atoms with Crippen molar-refractivity contribution < 1.29 is 9.90 Å². The van der Waals surface area contributed by atoms with E-state index in [0.717, 1.165) is 0 Å². The van der Waals surface area contributed by atoms with Gasteiger partial charge in [-0.2, -0.15) is 0 Å². The number of nitrogens with two attached hydrogens (primary N) is 1. The first-order valence-electron chi connectivity index (χ1n) is 5.23. The van der Waals surface area contributed by atoms with E-state index in [0.29, 0.717) is 11.3 Å². The van der Waals surface area contributed by atoms with E-state index in [2.05, 4.69) is 5.32 Å². The molecule has 0 aliphatic rings. The van der Waals surface area contributed by atoms with Crippen molar-refractivity contribution in [2.24, 2.45) is 5.41 Å². The molecule has 0 spiro atoms. The second kappa shape index (κ2) is 4.97. The lowest BCUT2D eigenvalue weighted by molar-refractivity contribution is -0.129. The highest BCUT2D eigenvalue weighted by Gasteiger charge is 2.27. The van der Waals surface area contributed by atoms with Crippen LogP contribution in [0.3, 0.4) is 0 Å². The zero-order chi connectivity index (χ0) is 13.1. The topological polar surface area (TPSA) is 99.2 Å². The summed E-state index contributed by atoms with van der Waals surface area (Å²) >= 11 is 0. The number of hydrogen-bond donors (Lipinski definition) is 4. The quantitative estimate of drug-likeness (QED) is 0.353. The number of hydrogen-bond acceptors (Lipinski definition) is 4. The summed E-state index contributed by atoms with van der Waals surface area (Å²) in [7, 11) is 0. The third-order valence-electron chi connectivity index (χ3n) is 2.42. The molecule has 0 aromatic heterocycles. The molecule has 0 saturated heterocycles. The fraction of sp³-hybridized carbons (Fsp3) is 0.333. The molecule has 1 rings (SSSR count). The Morgan fingerprint density at radius 1 is 1.53 bits per heavy atom. The van der Waals surface area contributed by atoms with Crippen molar-refractivity contribution in [3.8, 4) is 0 Å². The first kappa shape index (κ1) is 13.2. The second-order valence-electron chi connectivity index (χ2n) is 4.50. The zero-order valence-corrected chi connectivity index (χ0v) is 9.95. The summed E-state index contributed by atoms with van der Waals surface area (Å²) in [6, 6.07) is 6.71. The number of carbonyl (C=O) groups is 1. The molecule has 0 aliphatic carbocycles.